The molecule has 0 aromatic heterocycles. The van der Waals surface area contributed by atoms with E-state index in [9.17, 15) is 0 Å². The molecule has 38 heavy (non-hydrogen) atoms. The number of rotatable bonds is 5. The summed E-state index contributed by atoms with van der Waals surface area (Å²) in [6.07, 6.45) is 14.1. The van der Waals surface area contributed by atoms with Crippen molar-refractivity contribution in [2.75, 3.05) is 0 Å². The third-order valence-corrected chi connectivity index (χ3v) is 9.71. The quantitative estimate of drug-likeness (QED) is 0.210. The van der Waals surface area contributed by atoms with Crippen LogP contribution in [0, 0.1) is 0 Å². The van der Waals surface area contributed by atoms with Crippen LogP contribution in [0.15, 0.2) is 66.7 Å². The van der Waals surface area contributed by atoms with E-state index >= 15 is 0 Å². The Bertz CT molecular complexity index is 1950. The van der Waals surface area contributed by atoms with Crippen molar-refractivity contribution in [1.82, 2.24) is 0 Å². The van der Waals surface area contributed by atoms with Crippen molar-refractivity contribution in [1.29, 1.82) is 0 Å². The second-order valence-electron chi connectivity index (χ2n) is 11.9. The lowest BCUT2D eigenvalue weighted by Crippen LogP contribution is -1.90. The lowest BCUT2D eigenvalue weighted by atomic mass is 9.94. The summed E-state index contributed by atoms with van der Waals surface area (Å²) in [4.78, 5) is 0. The molecule has 0 aliphatic heterocycles. The zero-order chi connectivity index (χ0) is 25.2. The summed E-state index contributed by atoms with van der Waals surface area (Å²) >= 11 is 0. The van der Waals surface area contributed by atoms with Crippen molar-refractivity contribution in [3.63, 3.8) is 0 Å². The zero-order valence-corrected chi connectivity index (χ0v) is 22.6. The average molecular weight is 493 g/mol. The Balaban J connectivity index is 1.51. The molecule has 0 amide bonds. The highest BCUT2D eigenvalue weighted by molar-refractivity contribution is 6.39. The first-order chi connectivity index (χ1) is 18.8. The van der Waals surface area contributed by atoms with Crippen molar-refractivity contribution in [2.45, 2.75) is 77.6 Å². The standard InChI is InChI=1S/C38H36/c1-2-3-4-7-12-24-21-22-28-32-23-33-35-25-13-8-5-6-9-15-30(37(32)31-18-11-16-27(24)36(28)31)38(33)29-17-10-14-26(20-19-25)34(29)35/h10-11,14,16-23H,2-9,12-13,15H2,1H3. The minimum atomic E-state index is 1.18. The fourth-order valence-corrected chi connectivity index (χ4v) is 7.99. The fourth-order valence-electron chi connectivity index (χ4n) is 7.99. The van der Waals surface area contributed by atoms with Crippen LogP contribution in [0.3, 0.4) is 0 Å². The van der Waals surface area contributed by atoms with Gasteiger partial charge in [0.05, 0.1) is 0 Å². The summed E-state index contributed by atoms with van der Waals surface area (Å²) in [5, 5.41) is 18.0. The summed E-state index contributed by atoms with van der Waals surface area (Å²) < 4.78 is 0. The molecule has 0 spiro atoms. The molecule has 0 atom stereocenters. The smallest absolute Gasteiger partial charge is 0.00235 e. The van der Waals surface area contributed by atoms with Crippen LogP contribution in [-0.4, -0.2) is 0 Å². The highest BCUT2D eigenvalue weighted by Crippen LogP contribution is 2.49. The minimum Gasteiger partial charge on any atom is -0.0654 e. The molecule has 0 N–H and O–H groups in total. The van der Waals surface area contributed by atoms with Gasteiger partial charge in [-0.1, -0.05) is 99.7 Å². The highest BCUT2D eigenvalue weighted by atomic mass is 14.3. The second kappa shape index (κ2) is 8.84. The van der Waals surface area contributed by atoms with Crippen LogP contribution in [-0.2, 0) is 19.3 Å². The Labute approximate surface area is 225 Å². The number of aryl methyl sites for hydroxylation is 3. The summed E-state index contributed by atoms with van der Waals surface area (Å²) in [7, 11) is 0. The van der Waals surface area contributed by atoms with Crippen LogP contribution in [0.2, 0.25) is 0 Å². The molecule has 0 saturated carbocycles. The van der Waals surface area contributed by atoms with Crippen LogP contribution < -0.4 is 0 Å². The number of unbranched alkanes of at least 4 members (excludes halogenated alkanes) is 3. The predicted molar refractivity (Wildman–Crippen MR) is 168 cm³/mol. The third kappa shape index (κ3) is 3.16. The van der Waals surface area contributed by atoms with Gasteiger partial charge < -0.3 is 0 Å². The molecule has 4 bridgehead atoms. The Morgan fingerprint density at radius 1 is 0.526 bits per heavy atom. The van der Waals surface area contributed by atoms with Crippen molar-refractivity contribution in [2.24, 2.45) is 0 Å². The van der Waals surface area contributed by atoms with E-state index in [0.717, 1.165) is 0 Å². The number of benzene rings is 5. The largest absolute Gasteiger partial charge is 0.0654 e. The van der Waals surface area contributed by atoms with Gasteiger partial charge in [-0.05, 0) is 126 Å². The maximum absolute atomic E-state index is 2.60. The molecule has 188 valence electrons. The van der Waals surface area contributed by atoms with Crippen molar-refractivity contribution in [3.8, 4) is 0 Å². The lowest BCUT2D eigenvalue weighted by Gasteiger charge is -2.09. The van der Waals surface area contributed by atoms with Crippen LogP contribution >= 0.6 is 0 Å². The van der Waals surface area contributed by atoms with E-state index in [1.807, 2.05) is 0 Å². The van der Waals surface area contributed by atoms with Crippen molar-refractivity contribution < 1.29 is 0 Å². The first-order valence-corrected chi connectivity index (χ1v) is 15.2. The van der Waals surface area contributed by atoms with Gasteiger partial charge in [0, 0.05) is 0 Å². The molecule has 0 fully saturated rings. The van der Waals surface area contributed by atoms with Gasteiger partial charge in [-0.3, -0.25) is 0 Å². The topological polar surface area (TPSA) is 0 Å². The number of hydrogen-bond donors (Lipinski definition) is 0. The summed E-state index contributed by atoms with van der Waals surface area (Å²) in [5.74, 6) is 0. The van der Waals surface area contributed by atoms with Gasteiger partial charge in [0.15, 0.2) is 0 Å². The molecular weight excluding hydrogens is 456 g/mol. The lowest BCUT2D eigenvalue weighted by molar-refractivity contribution is 0.644. The van der Waals surface area contributed by atoms with Gasteiger partial charge in [0.1, 0.15) is 0 Å². The van der Waals surface area contributed by atoms with E-state index < -0.39 is 0 Å². The van der Waals surface area contributed by atoms with E-state index in [2.05, 4.69) is 73.7 Å². The van der Waals surface area contributed by atoms with Crippen LogP contribution in [0.25, 0.3) is 64.6 Å². The van der Waals surface area contributed by atoms with Crippen molar-refractivity contribution in [3.05, 3.63) is 83.4 Å². The average Bonchev–Trinajstić information content (AvgIpc) is 3.45. The molecule has 0 nitrogen and oxygen atoms in total. The zero-order valence-electron chi connectivity index (χ0n) is 22.6. The van der Waals surface area contributed by atoms with E-state index in [-0.39, 0.29) is 0 Å². The molecular formula is C38H36. The third-order valence-electron chi connectivity index (χ3n) is 9.71. The first kappa shape index (κ1) is 22.6. The Hall–Kier alpha value is -3.38. The first-order valence-electron chi connectivity index (χ1n) is 15.2. The minimum absolute atomic E-state index is 1.18. The number of fused-ring (bicyclic) bond motifs is 4. The second-order valence-corrected chi connectivity index (χ2v) is 11.9. The van der Waals surface area contributed by atoms with Gasteiger partial charge in [0.2, 0.25) is 0 Å². The van der Waals surface area contributed by atoms with Gasteiger partial charge in [-0.15, -0.1) is 0 Å². The van der Waals surface area contributed by atoms with Gasteiger partial charge >= 0.3 is 0 Å². The molecule has 0 heteroatoms. The number of hydrogen-bond acceptors (Lipinski definition) is 0. The van der Waals surface area contributed by atoms with Gasteiger partial charge in [-0.25, -0.2) is 0 Å². The van der Waals surface area contributed by atoms with Crippen LogP contribution in [0.5, 0.6) is 0 Å². The van der Waals surface area contributed by atoms with E-state index in [1.54, 1.807) is 21.9 Å². The van der Waals surface area contributed by atoms with Gasteiger partial charge in [0.25, 0.3) is 0 Å². The Morgan fingerprint density at radius 3 is 2.21 bits per heavy atom. The van der Waals surface area contributed by atoms with Gasteiger partial charge in [-0.2, -0.15) is 0 Å². The fraction of sp³-hybridized carbons (Fsp3) is 0.316. The molecule has 7 aromatic carbocycles. The molecule has 1 aliphatic rings. The van der Waals surface area contributed by atoms with Crippen molar-refractivity contribution >= 4 is 64.6 Å². The molecule has 1 aliphatic carbocycles. The maximum Gasteiger partial charge on any atom is -0.00235 e. The highest BCUT2D eigenvalue weighted by Gasteiger charge is 2.23. The summed E-state index contributed by atoms with van der Waals surface area (Å²) in [6, 6.07) is 26.4. The molecule has 0 heterocycles. The summed E-state index contributed by atoms with van der Waals surface area (Å²) in [6.45, 7) is 2.30. The Kier molecular flexibility index (Phi) is 5.25. The Morgan fingerprint density at radius 2 is 1.32 bits per heavy atom. The van der Waals surface area contributed by atoms with Crippen LogP contribution in [0.1, 0.15) is 75.0 Å². The summed E-state index contributed by atoms with van der Waals surface area (Å²) in [5.41, 5.74) is 4.71. The van der Waals surface area contributed by atoms with E-state index in [4.69, 9.17) is 0 Å². The molecule has 0 unspecified atom stereocenters. The van der Waals surface area contributed by atoms with E-state index in [1.165, 1.54) is 130 Å². The maximum atomic E-state index is 2.60. The normalized spacial score (nSPS) is 14.9. The molecule has 0 saturated heterocycles. The monoisotopic (exact) mass is 492 g/mol. The predicted octanol–water partition coefficient (Wildman–Crippen LogP) is 11.3. The SMILES string of the molecule is CCCCCCc1ccc2c3cc4c5c(c3c3cccc1c23)CCCCCCc1ccc2cccc5c2c14. The molecule has 7 aromatic rings. The van der Waals surface area contributed by atoms with Crippen LogP contribution in [0.4, 0.5) is 0 Å². The molecule has 8 rings (SSSR count). The van der Waals surface area contributed by atoms with E-state index in [0.29, 0.717) is 0 Å². The molecule has 0 radical (unpaired) electrons.